The van der Waals surface area contributed by atoms with Gasteiger partial charge in [-0.3, -0.25) is 0 Å². The molecule has 1 rings (SSSR count). The van der Waals surface area contributed by atoms with Crippen LogP contribution in [0.4, 0.5) is 0 Å². The van der Waals surface area contributed by atoms with Crippen molar-refractivity contribution in [3.63, 3.8) is 0 Å². The summed E-state index contributed by atoms with van der Waals surface area (Å²) in [6, 6.07) is 0. The van der Waals surface area contributed by atoms with Crippen LogP contribution in [0.15, 0.2) is 22.0 Å². The molecule has 0 aromatic heterocycles. The molecule has 0 unspecified atom stereocenters. The summed E-state index contributed by atoms with van der Waals surface area (Å²) in [5.74, 6) is -2.74. The predicted molar refractivity (Wildman–Crippen MR) is 44.6 cm³/mol. The molecule has 0 amide bonds. The van der Waals surface area contributed by atoms with Gasteiger partial charge in [-0.05, 0) is 15.4 Å². The highest BCUT2D eigenvalue weighted by Crippen LogP contribution is 2.15. The van der Waals surface area contributed by atoms with E-state index in [1.807, 2.05) is 0 Å². The van der Waals surface area contributed by atoms with Crippen LogP contribution in [0, 0.1) is 30.3 Å². The zero-order valence-corrected chi connectivity index (χ0v) is 6.63. The summed E-state index contributed by atoms with van der Waals surface area (Å²) in [6.45, 7) is 0. The van der Waals surface area contributed by atoms with Gasteiger partial charge < -0.3 is 20.2 Å². The van der Waals surface area contributed by atoms with E-state index < -0.39 is 26.5 Å². The molecule has 0 spiro atoms. The van der Waals surface area contributed by atoms with Gasteiger partial charge in [0.05, 0.1) is 5.22 Å². The number of rotatable bonds is 3. The normalized spacial score (nSPS) is 13.9. The molecule has 1 aliphatic heterocycles. The Balaban J connectivity index is 0.00000225. The Bertz CT molecular complexity index is 399. The van der Waals surface area contributed by atoms with Gasteiger partial charge in [-0.1, -0.05) is 7.43 Å². The molecule has 0 fully saturated rings. The molecule has 0 bridgehead atoms. The fraction of sp³-hybridized carbons (Fsp3) is 0.333. The van der Waals surface area contributed by atoms with E-state index in [1.54, 1.807) is 0 Å². The molecule has 0 saturated heterocycles. The van der Waals surface area contributed by atoms with Gasteiger partial charge in [-0.25, -0.2) is 10.1 Å². The molecule has 13 nitrogen and oxygen atoms in total. The third-order valence-corrected chi connectivity index (χ3v) is 1.19. The summed E-state index contributed by atoms with van der Waals surface area (Å²) < 4.78 is 0. The fourth-order valence-electron chi connectivity index (χ4n) is 0.690. The van der Waals surface area contributed by atoms with E-state index in [0.717, 1.165) is 0 Å². The summed E-state index contributed by atoms with van der Waals surface area (Å²) in [5, 5.41) is 34.8. The SMILES string of the molecule is C.O=[N+]([O-])C1=C([N+](=O)[O-])N([N+](=O)[O-])NN=N1. The Kier molecular flexibility index (Phi) is 3.76. The molecule has 0 aliphatic carbocycles. The average molecular weight is 235 g/mol. The molecular weight excluding hydrogens is 230 g/mol. The van der Waals surface area contributed by atoms with Crippen molar-refractivity contribution < 1.29 is 14.9 Å². The second kappa shape index (κ2) is 4.58. The summed E-state index contributed by atoms with van der Waals surface area (Å²) in [7, 11) is 0. The minimum atomic E-state index is -1.42. The molecule has 0 aromatic rings. The van der Waals surface area contributed by atoms with Crippen LogP contribution in [-0.4, -0.2) is 20.0 Å². The van der Waals surface area contributed by atoms with Gasteiger partial charge in [0.25, 0.3) is 5.03 Å². The second-order valence-corrected chi connectivity index (χ2v) is 2.01. The van der Waals surface area contributed by atoms with Crippen molar-refractivity contribution in [3.05, 3.63) is 42.0 Å². The Morgan fingerprint density at radius 3 is 2.06 bits per heavy atom. The largest absolute Gasteiger partial charge is 0.515 e. The predicted octanol–water partition coefficient (Wildman–Crippen LogP) is -0.318. The third-order valence-electron chi connectivity index (χ3n) is 1.19. The van der Waals surface area contributed by atoms with Crippen LogP contribution in [0.2, 0.25) is 0 Å². The first kappa shape index (κ1) is 13.1. The number of nitro groups is 3. The molecule has 0 radical (unpaired) electrons. The molecule has 0 saturated carbocycles. The van der Waals surface area contributed by atoms with Gasteiger partial charge in [0.15, 0.2) is 5.12 Å². The monoisotopic (exact) mass is 235 g/mol. The van der Waals surface area contributed by atoms with Crippen LogP contribution in [0.25, 0.3) is 0 Å². The Morgan fingerprint density at radius 1 is 1.12 bits per heavy atom. The van der Waals surface area contributed by atoms with Crippen LogP contribution in [0.1, 0.15) is 7.43 Å². The Morgan fingerprint density at radius 2 is 1.69 bits per heavy atom. The van der Waals surface area contributed by atoms with E-state index in [2.05, 4.69) is 10.3 Å². The Hall–Kier alpha value is -2.86. The van der Waals surface area contributed by atoms with E-state index in [4.69, 9.17) is 0 Å². The van der Waals surface area contributed by atoms with Crippen LogP contribution in [0.3, 0.4) is 0 Å². The topological polar surface area (TPSA) is 169 Å². The maximum absolute atomic E-state index is 10.3. The van der Waals surface area contributed by atoms with Crippen molar-refractivity contribution in [1.29, 1.82) is 0 Å². The molecule has 1 aliphatic rings. The first-order chi connectivity index (χ1) is 6.95. The van der Waals surface area contributed by atoms with E-state index in [0.29, 0.717) is 0 Å². The van der Waals surface area contributed by atoms with Gasteiger partial charge >= 0.3 is 11.6 Å². The summed E-state index contributed by atoms with van der Waals surface area (Å²) >= 11 is 0. The quantitative estimate of drug-likeness (QED) is 0.512. The lowest BCUT2D eigenvalue weighted by atomic mass is 10.6. The standard InChI is InChI=1S/C2HN7O6.CH4/c10-7(11)1-2(8(12)13)6(9(14)15)5-4-3-1;/h(H,3,5);1H4. The number of nitrogens with zero attached hydrogens (tertiary/aromatic N) is 6. The zero-order valence-electron chi connectivity index (χ0n) is 6.63. The van der Waals surface area contributed by atoms with Gasteiger partial charge in [0.1, 0.15) is 5.11 Å². The minimum Gasteiger partial charge on any atom is -0.358 e. The van der Waals surface area contributed by atoms with Gasteiger partial charge in [-0.2, -0.15) is 0 Å². The smallest absolute Gasteiger partial charge is 0.358 e. The molecular formula is C3H5N7O6. The minimum absolute atomic E-state index is 0. The van der Waals surface area contributed by atoms with Crippen molar-refractivity contribution >= 4 is 0 Å². The molecule has 13 heteroatoms. The van der Waals surface area contributed by atoms with Gasteiger partial charge in [0, 0.05) is 0 Å². The zero-order chi connectivity index (χ0) is 11.6. The number of nitrogens with one attached hydrogen (secondary N) is 1. The van der Waals surface area contributed by atoms with Crippen LogP contribution in [0.5, 0.6) is 0 Å². The Labute approximate surface area is 86.4 Å². The number of hydrazine groups is 2. The molecule has 1 heterocycles. The highest BCUT2D eigenvalue weighted by atomic mass is 16.7. The average Bonchev–Trinajstić information content (AvgIpc) is 2.16. The van der Waals surface area contributed by atoms with Crippen molar-refractivity contribution in [3.8, 4) is 0 Å². The van der Waals surface area contributed by atoms with Crippen molar-refractivity contribution in [2.24, 2.45) is 10.3 Å². The highest BCUT2D eigenvalue weighted by Gasteiger charge is 2.48. The lowest BCUT2D eigenvalue weighted by molar-refractivity contribution is -0.697. The van der Waals surface area contributed by atoms with Crippen molar-refractivity contribution in [1.82, 2.24) is 10.7 Å². The third kappa shape index (κ3) is 2.14. The first-order valence-electron chi connectivity index (χ1n) is 3.09. The number of hydrogen-bond donors (Lipinski definition) is 1. The second-order valence-electron chi connectivity index (χ2n) is 2.01. The number of hydrogen-bond acceptors (Lipinski definition) is 9. The van der Waals surface area contributed by atoms with Crippen LogP contribution in [-0.2, 0) is 0 Å². The summed E-state index contributed by atoms with van der Waals surface area (Å²) in [6.07, 6.45) is 0. The van der Waals surface area contributed by atoms with Gasteiger partial charge in [0.2, 0.25) is 0 Å². The van der Waals surface area contributed by atoms with E-state index in [9.17, 15) is 30.3 Å². The van der Waals surface area contributed by atoms with Crippen LogP contribution < -0.4 is 5.53 Å². The highest BCUT2D eigenvalue weighted by molar-refractivity contribution is 4.94. The lowest BCUT2D eigenvalue weighted by Gasteiger charge is -2.05. The van der Waals surface area contributed by atoms with Crippen molar-refractivity contribution in [2.45, 2.75) is 7.43 Å². The van der Waals surface area contributed by atoms with Gasteiger partial charge in [-0.15, -0.1) is 0 Å². The van der Waals surface area contributed by atoms with Crippen molar-refractivity contribution in [2.75, 3.05) is 0 Å². The lowest BCUT2D eigenvalue weighted by Crippen LogP contribution is -2.44. The first-order valence-corrected chi connectivity index (χ1v) is 3.09. The molecule has 88 valence electrons. The summed E-state index contributed by atoms with van der Waals surface area (Å²) in [4.78, 5) is 28.3. The van der Waals surface area contributed by atoms with E-state index >= 15 is 0 Å². The molecule has 1 N–H and O–H groups in total. The van der Waals surface area contributed by atoms with E-state index in [1.165, 1.54) is 5.53 Å². The van der Waals surface area contributed by atoms with E-state index in [-0.39, 0.29) is 12.5 Å². The maximum Gasteiger partial charge on any atom is 0.515 e. The molecule has 0 atom stereocenters. The fourth-order valence-corrected chi connectivity index (χ4v) is 0.690. The maximum atomic E-state index is 10.3. The van der Waals surface area contributed by atoms with Crippen LogP contribution >= 0.6 is 0 Å². The summed E-state index contributed by atoms with van der Waals surface area (Å²) in [5.41, 5.74) is 1.52. The molecule has 16 heavy (non-hydrogen) atoms. The molecule has 0 aromatic carbocycles.